The highest BCUT2D eigenvalue weighted by Crippen LogP contribution is 2.44. The molecule has 0 bridgehead atoms. The van der Waals surface area contributed by atoms with Gasteiger partial charge in [0.2, 0.25) is 0 Å². The predicted octanol–water partition coefficient (Wildman–Crippen LogP) is 3.29. The summed E-state index contributed by atoms with van der Waals surface area (Å²) >= 11 is 0. The minimum absolute atomic E-state index is 0.0896. The van der Waals surface area contributed by atoms with Crippen molar-refractivity contribution in [3.8, 4) is 5.75 Å². The molecule has 5 heteroatoms. The van der Waals surface area contributed by atoms with E-state index in [1.54, 1.807) is 39.8 Å². The summed E-state index contributed by atoms with van der Waals surface area (Å²) in [6.07, 6.45) is 1.70. The lowest BCUT2D eigenvalue weighted by Gasteiger charge is -2.18. The zero-order chi connectivity index (χ0) is 17.9. The number of hydrogen-bond donors (Lipinski definition) is 0. The molecule has 1 aliphatic rings. The number of benzene rings is 1. The molecule has 1 atom stereocenters. The van der Waals surface area contributed by atoms with Gasteiger partial charge in [0.15, 0.2) is 5.60 Å². The van der Waals surface area contributed by atoms with Gasteiger partial charge in [0, 0.05) is 11.1 Å². The van der Waals surface area contributed by atoms with Gasteiger partial charge in [0.1, 0.15) is 12.4 Å². The van der Waals surface area contributed by atoms with E-state index >= 15 is 0 Å². The maximum atomic E-state index is 12.0. The average Bonchev–Trinajstić information content (AvgIpc) is 3.32. The summed E-state index contributed by atoms with van der Waals surface area (Å²) < 4.78 is 16.4. The molecule has 1 heterocycles. The fraction of sp³-hybridized carbons (Fsp3) is 0.474. The number of carbonyl (C=O) groups excluding carboxylic acids is 2. The van der Waals surface area contributed by atoms with Crippen molar-refractivity contribution in [1.82, 2.24) is 0 Å². The molecule has 1 fully saturated rings. The number of hydrogen-bond acceptors (Lipinski definition) is 5. The van der Waals surface area contributed by atoms with Gasteiger partial charge in [0.05, 0.1) is 12.5 Å². The number of epoxide rings is 1. The number of rotatable bonds is 6. The SMILES string of the molecule is CC=C(C)C(=O)OC[C@@]1(c2ccc(C)cc2OC(=O)C(C)C)CO1. The number of carbonyl (C=O) groups is 2. The van der Waals surface area contributed by atoms with Crippen molar-refractivity contribution in [2.45, 2.75) is 40.2 Å². The predicted molar refractivity (Wildman–Crippen MR) is 89.7 cm³/mol. The zero-order valence-electron chi connectivity index (χ0n) is 14.8. The Balaban J connectivity index is 2.21. The maximum absolute atomic E-state index is 12.0. The summed E-state index contributed by atoms with van der Waals surface area (Å²) in [6.45, 7) is 9.47. The summed E-state index contributed by atoms with van der Waals surface area (Å²) in [5, 5.41) is 0. The third-order valence-corrected chi connectivity index (χ3v) is 3.99. The third-order valence-electron chi connectivity index (χ3n) is 3.99. The molecule has 0 aliphatic carbocycles. The highest BCUT2D eigenvalue weighted by atomic mass is 16.6. The van der Waals surface area contributed by atoms with Crippen LogP contribution < -0.4 is 4.74 Å². The van der Waals surface area contributed by atoms with Gasteiger partial charge in [0.25, 0.3) is 0 Å². The van der Waals surface area contributed by atoms with Gasteiger partial charge in [-0.3, -0.25) is 4.79 Å². The van der Waals surface area contributed by atoms with E-state index in [9.17, 15) is 9.59 Å². The Labute approximate surface area is 142 Å². The molecule has 130 valence electrons. The van der Waals surface area contributed by atoms with Crippen LogP contribution in [0.3, 0.4) is 0 Å². The van der Waals surface area contributed by atoms with Crippen LogP contribution in [0, 0.1) is 12.8 Å². The normalized spacial score (nSPS) is 20.0. The van der Waals surface area contributed by atoms with Gasteiger partial charge in [-0.2, -0.15) is 0 Å². The summed E-state index contributed by atoms with van der Waals surface area (Å²) in [6, 6.07) is 5.59. The number of esters is 2. The van der Waals surface area contributed by atoms with Crippen LogP contribution in [0.5, 0.6) is 5.75 Å². The van der Waals surface area contributed by atoms with E-state index in [0.29, 0.717) is 17.9 Å². The molecule has 2 rings (SSSR count). The van der Waals surface area contributed by atoms with Crippen LogP contribution in [0.4, 0.5) is 0 Å². The van der Waals surface area contributed by atoms with E-state index in [4.69, 9.17) is 14.2 Å². The van der Waals surface area contributed by atoms with Crippen molar-refractivity contribution in [3.63, 3.8) is 0 Å². The van der Waals surface area contributed by atoms with E-state index in [1.807, 2.05) is 19.1 Å². The van der Waals surface area contributed by atoms with Crippen molar-refractivity contribution in [2.75, 3.05) is 13.2 Å². The van der Waals surface area contributed by atoms with Gasteiger partial charge in [-0.15, -0.1) is 0 Å². The van der Waals surface area contributed by atoms with E-state index in [1.165, 1.54) is 0 Å². The summed E-state index contributed by atoms with van der Waals surface area (Å²) in [5.41, 5.74) is 1.52. The molecule has 1 aromatic carbocycles. The Bertz CT molecular complexity index is 668. The minimum Gasteiger partial charge on any atom is -0.459 e. The molecule has 0 radical (unpaired) electrons. The van der Waals surface area contributed by atoms with Gasteiger partial charge in [-0.1, -0.05) is 32.1 Å². The van der Waals surface area contributed by atoms with E-state index in [0.717, 1.165) is 11.1 Å². The lowest BCUT2D eigenvalue weighted by molar-refractivity contribution is -0.141. The first-order valence-electron chi connectivity index (χ1n) is 8.06. The first-order chi connectivity index (χ1) is 11.3. The zero-order valence-corrected chi connectivity index (χ0v) is 14.8. The van der Waals surface area contributed by atoms with E-state index in [-0.39, 0.29) is 24.5 Å². The fourth-order valence-electron chi connectivity index (χ4n) is 2.13. The van der Waals surface area contributed by atoms with Crippen molar-refractivity contribution < 1.29 is 23.8 Å². The van der Waals surface area contributed by atoms with Crippen LogP contribution in [0.2, 0.25) is 0 Å². The molecule has 0 saturated carbocycles. The maximum Gasteiger partial charge on any atom is 0.333 e. The van der Waals surface area contributed by atoms with Gasteiger partial charge in [-0.05, 0) is 32.4 Å². The van der Waals surface area contributed by atoms with Crippen LogP contribution >= 0.6 is 0 Å². The van der Waals surface area contributed by atoms with Crippen molar-refractivity contribution >= 4 is 11.9 Å². The summed E-state index contributed by atoms with van der Waals surface area (Å²) in [5.74, 6) is -0.450. The van der Waals surface area contributed by atoms with Crippen molar-refractivity contribution in [2.24, 2.45) is 5.92 Å². The molecule has 1 aliphatic heterocycles. The molecule has 0 spiro atoms. The largest absolute Gasteiger partial charge is 0.459 e. The fourth-order valence-corrected chi connectivity index (χ4v) is 2.13. The Morgan fingerprint density at radius 2 is 2.04 bits per heavy atom. The molecule has 0 N–H and O–H groups in total. The molecular weight excluding hydrogens is 308 g/mol. The van der Waals surface area contributed by atoms with Crippen molar-refractivity contribution in [1.29, 1.82) is 0 Å². The molecule has 24 heavy (non-hydrogen) atoms. The van der Waals surface area contributed by atoms with E-state index in [2.05, 4.69) is 0 Å². The molecule has 0 amide bonds. The summed E-state index contributed by atoms with van der Waals surface area (Å²) in [4.78, 5) is 23.8. The van der Waals surface area contributed by atoms with Crippen LogP contribution in [-0.2, 0) is 24.7 Å². The lowest BCUT2D eigenvalue weighted by atomic mass is 9.98. The molecule has 0 aromatic heterocycles. The molecule has 1 aromatic rings. The quantitative estimate of drug-likeness (QED) is 0.346. The first-order valence-corrected chi connectivity index (χ1v) is 8.06. The van der Waals surface area contributed by atoms with Gasteiger partial charge < -0.3 is 14.2 Å². The molecule has 1 saturated heterocycles. The minimum atomic E-state index is -0.732. The number of allylic oxidation sites excluding steroid dienone is 1. The Kier molecular flexibility index (Phi) is 5.44. The highest BCUT2D eigenvalue weighted by Gasteiger charge is 2.50. The van der Waals surface area contributed by atoms with Crippen LogP contribution in [0.15, 0.2) is 29.8 Å². The summed E-state index contributed by atoms with van der Waals surface area (Å²) in [7, 11) is 0. The number of ether oxygens (including phenoxy) is 3. The Hall–Kier alpha value is -2.14. The highest BCUT2D eigenvalue weighted by molar-refractivity contribution is 5.87. The topological polar surface area (TPSA) is 65.1 Å². The van der Waals surface area contributed by atoms with Gasteiger partial charge >= 0.3 is 11.9 Å². The van der Waals surface area contributed by atoms with Crippen LogP contribution in [-0.4, -0.2) is 25.2 Å². The second-order valence-corrected chi connectivity index (χ2v) is 6.41. The van der Waals surface area contributed by atoms with Crippen LogP contribution in [0.25, 0.3) is 0 Å². The van der Waals surface area contributed by atoms with Gasteiger partial charge in [-0.25, -0.2) is 4.79 Å². The standard InChI is InChI=1S/C19H24O5/c1-6-14(5)18(21)22-10-19(11-23-19)15-8-7-13(4)9-16(15)24-17(20)12(2)3/h6-9,12H,10-11H2,1-5H3/t19-/m0/s1. The number of aryl methyl sites for hydroxylation is 1. The monoisotopic (exact) mass is 332 g/mol. The lowest BCUT2D eigenvalue weighted by Crippen LogP contribution is -2.23. The molecular formula is C19H24O5. The Morgan fingerprint density at radius 1 is 1.38 bits per heavy atom. The first kappa shape index (κ1) is 18.2. The average molecular weight is 332 g/mol. The second kappa shape index (κ2) is 7.18. The van der Waals surface area contributed by atoms with E-state index < -0.39 is 5.60 Å². The van der Waals surface area contributed by atoms with Crippen molar-refractivity contribution in [3.05, 3.63) is 41.0 Å². The smallest absolute Gasteiger partial charge is 0.333 e. The molecule has 5 nitrogen and oxygen atoms in total. The Morgan fingerprint density at radius 3 is 2.58 bits per heavy atom. The second-order valence-electron chi connectivity index (χ2n) is 6.41. The third kappa shape index (κ3) is 4.03. The molecule has 0 unspecified atom stereocenters. The van der Waals surface area contributed by atoms with Crippen LogP contribution in [0.1, 0.15) is 38.8 Å².